The van der Waals surface area contributed by atoms with Crippen LogP contribution in [0.2, 0.25) is 0 Å². The molecular weight excluding hydrogens is 344 g/mol. The van der Waals surface area contributed by atoms with E-state index in [9.17, 15) is 19.2 Å². The first-order chi connectivity index (χ1) is 11.9. The van der Waals surface area contributed by atoms with Crippen molar-refractivity contribution in [3.05, 3.63) is 0 Å². The second-order valence-electron chi connectivity index (χ2n) is 4.45. The molecule has 1 rings (SSSR count). The summed E-state index contributed by atoms with van der Waals surface area (Å²) in [5.74, 6) is -2.17. The largest absolute Gasteiger partial charge is 0.481 e. The number of cyclic esters (lactones) is 2. The average Bonchev–Trinajstić information content (AvgIpc) is 2.54. The SMILES string of the molecule is O=C(O)CCCC(=O)OCCO.O=C1CCCC(=O)O1.OCCOO. The molecule has 0 radical (unpaired) electrons. The topological polar surface area (TPSA) is 177 Å². The molecule has 0 atom stereocenters. The van der Waals surface area contributed by atoms with E-state index in [-0.39, 0.29) is 57.6 Å². The van der Waals surface area contributed by atoms with Crippen LogP contribution < -0.4 is 0 Å². The first kappa shape index (κ1) is 25.2. The quantitative estimate of drug-likeness (QED) is 0.188. The minimum atomic E-state index is -0.926. The number of carboxylic acid groups (broad SMARTS) is 1. The van der Waals surface area contributed by atoms with Crippen molar-refractivity contribution in [3.8, 4) is 0 Å². The fourth-order valence-corrected chi connectivity index (χ4v) is 1.26. The zero-order valence-corrected chi connectivity index (χ0v) is 13.7. The number of carbonyl (C=O) groups is 4. The van der Waals surface area contributed by atoms with Gasteiger partial charge in [-0.3, -0.25) is 24.4 Å². The number of rotatable bonds is 8. The number of hydrogen-bond acceptors (Lipinski definition) is 10. The Morgan fingerprint density at radius 1 is 1.00 bits per heavy atom. The average molecular weight is 368 g/mol. The smallest absolute Gasteiger partial charge is 0.313 e. The second-order valence-corrected chi connectivity index (χ2v) is 4.45. The van der Waals surface area contributed by atoms with Gasteiger partial charge in [0.25, 0.3) is 0 Å². The number of aliphatic hydroxyl groups excluding tert-OH is 2. The van der Waals surface area contributed by atoms with E-state index in [1.807, 2.05) is 0 Å². The van der Waals surface area contributed by atoms with E-state index < -0.39 is 11.9 Å². The molecular formula is C14H24O11. The second kappa shape index (κ2) is 18.3. The first-order valence-corrected chi connectivity index (χ1v) is 7.46. The molecule has 0 aliphatic carbocycles. The lowest BCUT2D eigenvalue weighted by Gasteiger charge is -2.06. The van der Waals surface area contributed by atoms with Crippen molar-refractivity contribution in [2.45, 2.75) is 38.5 Å². The lowest BCUT2D eigenvalue weighted by Crippen LogP contribution is -2.17. The van der Waals surface area contributed by atoms with Crippen LogP contribution in [0.25, 0.3) is 0 Å². The number of carboxylic acids is 1. The number of aliphatic carboxylic acids is 1. The van der Waals surface area contributed by atoms with Gasteiger partial charge in [-0.1, -0.05) is 0 Å². The van der Waals surface area contributed by atoms with Crippen LogP contribution in [-0.4, -0.2) is 70.9 Å². The van der Waals surface area contributed by atoms with Crippen LogP contribution >= 0.6 is 0 Å². The fourth-order valence-electron chi connectivity index (χ4n) is 1.26. The third kappa shape index (κ3) is 21.9. The van der Waals surface area contributed by atoms with E-state index in [0.29, 0.717) is 19.3 Å². The van der Waals surface area contributed by atoms with E-state index in [2.05, 4.69) is 14.4 Å². The zero-order chi connectivity index (χ0) is 19.5. The zero-order valence-electron chi connectivity index (χ0n) is 13.7. The van der Waals surface area contributed by atoms with Gasteiger partial charge < -0.3 is 24.8 Å². The van der Waals surface area contributed by atoms with Crippen LogP contribution in [0.1, 0.15) is 38.5 Å². The Morgan fingerprint density at radius 2 is 1.56 bits per heavy atom. The molecule has 1 aliphatic rings. The highest BCUT2D eigenvalue weighted by atomic mass is 17.1. The van der Waals surface area contributed by atoms with Crippen molar-refractivity contribution in [1.29, 1.82) is 0 Å². The molecule has 1 heterocycles. The molecule has 0 aromatic heterocycles. The van der Waals surface area contributed by atoms with E-state index >= 15 is 0 Å². The molecule has 1 saturated heterocycles. The number of hydrogen-bond donors (Lipinski definition) is 4. The van der Waals surface area contributed by atoms with Gasteiger partial charge in [-0.15, -0.1) is 0 Å². The predicted octanol–water partition coefficient (Wildman–Crippen LogP) is -0.515. The van der Waals surface area contributed by atoms with Crippen LogP contribution in [0.4, 0.5) is 0 Å². The van der Waals surface area contributed by atoms with Crippen molar-refractivity contribution in [3.63, 3.8) is 0 Å². The van der Waals surface area contributed by atoms with E-state index in [1.165, 1.54) is 0 Å². The van der Waals surface area contributed by atoms with E-state index in [1.54, 1.807) is 0 Å². The first-order valence-electron chi connectivity index (χ1n) is 7.46. The van der Waals surface area contributed by atoms with Gasteiger partial charge in [-0.05, 0) is 12.8 Å². The Hall–Kier alpha value is -2.08. The standard InChI is InChI=1S/C7H12O5.C5H6O3.C2H6O3/c8-4-5-12-7(11)3-1-2-6(9)10;6-4-2-1-3-5(7)8-4;3-1-2-5-4/h8H,1-5H2,(H,9,10);1-3H2;3-4H,1-2H2. The molecule has 1 aliphatic heterocycles. The Balaban J connectivity index is 0. The summed E-state index contributed by atoms with van der Waals surface area (Å²) in [6, 6.07) is 0. The molecule has 4 N–H and O–H groups in total. The number of carbonyl (C=O) groups excluding carboxylic acids is 3. The fraction of sp³-hybridized carbons (Fsp3) is 0.714. The Labute approximate surface area is 144 Å². The molecule has 25 heavy (non-hydrogen) atoms. The molecule has 0 saturated carbocycles. The maximum atomic E-state index is 10.7. The van der Waals surface area contributed by atoms with Crippen molar-refractivity contribution < 1.29 is 54.1 Å². The lowest BCUT2D eigenvalue weighted by atomic mass is 10.2. The van der Waals surface area contributed by atoms with Crippen molar-refractivity contribution in [2.24, 2.45) is 0 Å². The highest BCUT2D eigenvalue weighted by Crippen LogP contribution is 2.06. The molecule has 0 aromatic carbocycles. The molecule has 1 fully saturated rings. The maximum Gasteiger partial charge on any atom is 0.313 e. The number of esters is 3. The van der Waals surface area contributed by atoms with Gasteiger partial charge in [-0.2, -0.15) is 0 Å². The van der Waals surface area contributed by atoms with Crippen LogP contribution in [0.15, 0.2) is 0 Å². The molecule has 0 amide bonds. The predicted molar refractivity (Wildman–Crippen MR) is 80.1 cm³/mol. The summed E-state index contributed by atoms with van der Waals surface area (Å²) in [4.78, 5) is 44.6. The summed E-state index contributed by atoms with van der Waals surface area (Å²) in [7, 11) is 0. The van der Waals surface area contributed by atoms with Gasteiger partial charge in [0.05, 0.1) is 13.2 Å². The van der Waals surface area contributed by atoms with Crippen LogP contribution in [0.3, 0.4) is 0 Å². The minimum Gasteiger partial charge on any atom is -0.481 e. The normalized spacial score (nSPS) is 12.8. The number of aliphatic hydroxyl groups is 2. The Morgan fingerprint density at radius 3 is 1.88 bits per heavy atom. The van der Waals surface area contributed by atoms with Crippen molar-refractivity contribution >= 4 is 23.9 Å². The molecule has 0 aromatic rings. The van der Waals surface area contributed by atoms with Gasteiger partial charge in [0.2, 0.25) is 0 Å². The lowest BCUT2D eigenvalue weighted by molar-refractivity contribution is -0.246. The van der Waals surface area contributed by atoms with E-state index in [4.69, 9.17) is 20.6 Å². The summed E-state index contributed by atoms with van der Waals surface area (Å²) in [6.07, 6.45) is 1.77. The summed E-state index contributed by atoms with van der Waals surface area (Å²) in [6.45, 7) is -0.354. The Kier molecular flexibility index (Phi) is 18.4. The van der Waals surface area contributed by atoms with Gasteiger partial charge >= 0.3 is 23.9 Å². The molecule has 11 nitrogen and oxygen atoms in total. The summed E-state index contributed by atoms with van der Waals surface area (Å²) >= 11 is 0. The third-order valence-corrected chi connectivity index (χ3v) is 2.30. The summed E-state index contributed by atoms with van der Waals surface area (Å²) in [5.41, 5.74) is 0. The highest BCUT2D eigenvalue weighted by molar-refractivity contribution is 5.87. The molecule has 146 valence electrons. The van der Waals surface area contributed by atoms with E-state index in [0.717, 1.165) is 0 Å². The van der Waals surface area contributed by atoms with Crippen LogP contribution in [0, 0.1) is 0 Å². The van der Waals surface area contributed by atoms with Crippen molar-refractivity contribution in [2.75, 3.05) is 26.4 Å². The van der Waals surface area contributed by atoms with Crippen molar-refractivity contribution in [1.82, 2.24) is 0 Å². The summed E-state index contributed by atoms with van der Waals surface area (Å²) < 4.78 is 8.70. The molecule has 0 bridgehead atoms. The summed E-state index contributed by atoms with van der Waals surface area (Å²) in [5, 5.41) is 31.7. The Bertz CT molecular complexity index is 378. The monoisotopic (exact) mass is 368 g/mol. The number of ether oxygens (including phenoxy) is 2. The van der Waals surface area contributed by atoms with Crippen LogP contribution in [-0.2, 0) is 33.5 Å². The van der Waals surface area contributed by atoms with Crippen LogP contribution in [0.5, 0.6) is 0 Å². The molecule has 0 spiro atoms. The maximum absolute atomic E-state index is 10.7. The highest BCUT2D eigenvalue weighted by Gasteiger charge is 2.15. The minimum absolute atomic E-state index is 0. The van der Waals surface area contributed by atoms with Gasteiger partial charge in [0.1, 0.15) is 13.2 Å². The van der Waals surface area contributed by atoms with Gasteiger partial charge in [0.15, 0.2) is 0 Å². The van der Waals surface area contributed by atoms with Gasteiger partial charge in [-0.25, -0.2) is 4.89 Å². The molecule has 0 unspecified atom stereocenters. The van der Waals surface area contributed by atoms with Gasteiger partial charge in [0, 0.05) is 25.7 Å². The molecule has 11 heteroatoms. The third-order valence-electron chi connectivity index (χ3n) is 2.30.